The number of ether oxygens (including phenoxy) is 4. The van der Waals surface area contributed by atoms with Gasteiger partial charge in [0.05, 0.1) is 14.2 Å². The molecule has 1 saturated heterocycles. The molecule has 5 nitrogen and oxygen atoms in total. The van der Waals surface area contributed by atoms with Crippen LogP contribution in [-0.4, -0.2) is 32.4 Å². The van der Waals surface area contributed by atoms with E-state index in [2.05, 4.69) is 0 Å². The molecule has 1 aliphatic heterocycles. The fraction of sp³-hybridized carbons (Fsp3) is 0.500. The monoisotopic (exact) mass is 318 g/mol. The summed E-state index contributed by atoms with van der Waals surface area (Å²) in [4.78, 5) is 11.9. The molecule has 3 rings (SSSR count). The largest absolute Gasteiger partial charge is 0.493 e. The van der Waals surface area contributed by atoms with Crippen LogP contribution in [0, 0.1) is 0 Å². The Balaban J connectivity index is 1.79. The summed E-state index contributed by atoms with van der Waals surface area (Å²) >= 11 is 0. The van der Waals surface area contributed by atoms with E-state index in [9.17, 15) is 4.79 Å². The molecule has 1 heterocycles. The molecule has 23 heavy (non-hydrogen) atoms. The highest BCUT2D eigenvalue weighted by Crippen LogP contribution is 2.43. The lowest BCUT2D eigenvalue weighted by Crippen LogP contribution is -2.36. The van der Waals surface area contributed by atoms with Crippen molar-refractivity contribution < 1.29 is 23.7 Å². The second kappa shape index (κ2) is 6.24. The van der Waals surface area contributed by atoms with Crippen molar-refractivity contribution >= 4 is 5.78 Å². The SMILES string of the molecule is COc1ccc(CC[C@]23CCC(=O)C(C)=C2OCO3)cc1OC. The fourth-order valence-electron chi connectivity index (χ4n) is 3.36. The van der Waals surface area contributed by atoms with Gasteiger partial charge in [0.1, 0.15) is 11.4 Å². The van der Waals surface area contributed by atoms with Crippen molar-refractivity contribution in [2.75, 3.05) is 21.0 Å². The molecular weight excluding hydrogens is 296 g/mol. The molecule has 1 atom stereocenters. The van der Waals surface area contributed by atoms with Gasteiger partial charge >= 0.3 is 0 Å². The average Bonchev–Trinajstić information content (AvgIpc) is 3.01. The van der Waals surface area contributed by atoms with E-state index in [1.165, 1.54) is 0 Å². The molecule has 0 amide bonds. The summed E-state index contributed by atoms with van der Waals surface area (Å²) < 4.78 is 22.1. The third-order valence-electron chi connectivity index (χ3n) is 4.73. The number of hydrogen-bond donors (Lipinski definition) is 0. The van der Waals surface area contributed by atoms with Crippen LogP contribution in [0.4, 0.5) is 0 Å². The Bertz CT molecular complexity index is 649. The Morgan fingerprint density at radius 3 is 2.74 bits per heavy atom. The molecule has 0 aromatic heterocycles. The zero-order valence-electron chi connectivity index (χ0n) is 13.8. The number of carbonyl (C=O) groups excluding carboxylic acids is 1. The summed E-state index contributed by atoms with van der Waals surface area (Å²) in [6, 6.07) is 5.91. The van der Waals surface area contributed by atoms with Gasteiger partial charge in [0.2, 0.25) is 0 Å². The van der Waals surface area contributed by atoms with Gasteiger partial charge in [0.25, 0.3) is 0 Å². The number of allylic oxidation sites excluding steroid dienone is 1. The van der Waals surface area contributed by atoms with Crippen LogP contribution < -0.4 is 9.47 Å². The van der Waals surface area contributed by atoms with Crippen molar-refractivity contribution in [1.82, 2.24) is 0 Å². The molecule has 0 spiro atoms. The molecule has 1 fully saturated rings. The first-order valence-corrected chi connectivity index (χ1v) is 7.82. The molecule has 0 bridgehead atoms. The van der Waals surface area contributed by atoms with Gasteiger partial charge < -0.3 is 18.9 Å². The van der Waals surface area contributed by atoms with Crippen LogP contribution in [0.15, 0.2) is 29.5 Å². The number of carbonyl (C=O) groups is 1. The second-order valence-corrected chi connectivity index (χ2v) is 5.97. The zero-order chi connectivity index (χ0) is 16.4. The predicted octanol–water partition coefficient (Wildman–Crippen LogP) is 3.02. The van der Waals surface area contributed by atoms with Crippen LogP contribution in [0.3, 0.4) is 0 Å². The molecule has 124 valence electrons. The lowest BCUT2D eigenvalue weighted by molar-refractivity contribution is -0.118. The third kappa shape index (κ3) is 2.81. The van der Waals surface area contributed by atoms with Gasteiger partial charge in [-0.15, -0.1) is 0 Å². The highest BCUT2D eigenvalue weighted by Gasteiger charge is 2.46. The molecule has 2 aliphatic rings. The van der Waals surface area contributed by atoms with Crippen molar-refractivity contribution in [3.05, 3.63) is 35.1 Å². The fourth-order valence-corrected chi connectivity index (χ4v) is 3.36. The standard InChI is InChI=1S/C18H22O5/c1-12-14(19)7-9-18(17(12)22-11-23-18)8-6-13-4-5-15(20-2)16(10-13)21-3/h4-5,10H,6-9,11H2,1-3H3/t18-/m0/s1. The molecule has 1 aromatic carbocycles. The van der Waals surface area contributed by atoms with E-state index in [4.69, 9.17) is 18.9 Å². The first kappa shape index (κ1) is 15.9. The molecule has 1 aliphatic carbocycles. The van der Waals surface area contributed by atoms with Crippen molar-refractivity contribution in [2.24, 2.45) is 0 Å². The van der Waals surface area contributed by atoms with Crippen LogP contribution in [0.25, 0.3) is 0 Å². The first-order valence-electron chi connectivity index (χ1n) is 7.82. The minimum atomic E-state index is -0.453. The van der Waals surface area contributed by atoms with Gasteiger partial charge in [-0.1, -0.05) is 6.07 Å². The number of methoxy groups -OCH3 is 2. The molecule has 0 unspecified atom stereocenters. The number of aryl methyl sites for hydroxylation is 1. The summed E-state index contributed by atoms with van der Waals surface area (Å²) in [5, 5.41) is 0. The maximum absolute atomic E-state index is 11.9. The predicted molar refractivity (Wildman–Crippen MR) is 84.6 cm³/mol. The number of rotatable bonds is 5. The first-order chi connectivity index (χ1) is 11.1. The second-order valence-electron chi connectivity index (χ2n) is 5.97. The number of Topliss-reactive ketones (excluding diaryl/α,β-unsaturated/α-hetero) is 1. The van der Waals surface area contributed by atoms with Gasteiger partial charge in [0.15, 0.2) is 24.1 Å². The van der Waals surface area contributed by atoms with Crippen molar-refractivity contribution in [1.29, 1.82) is 0 Å². The van der Waals surface area contributed by atoms with Crippen molar-refractivity contribution in [3.63, 3.8) is 0 Å². The van der Waals surface area contributed by atoms with E-state index >= 15 is 0 Å². The Kier molecular flexibility index (Phi) is 4.31. The molecule has 0 saturated carbocycles. The smallest absolute Gasteiger partial charge is 0.189 e. The number of benzene rings is 1. The molecule has 1 aromatic rings. The number of ketones is 1. The molecule has 0 N–H and O–H groups in total. The van der Waals surface area contributed by atoms with Crippen LogP contribution >= 0.6 is 0 Å². The van der Waals surface area contributed by atoms with E-state index in [1.54, 1.807) is 14.2 Å². The topological polar surface area (TPSA) is 54.0 Å². The van der Waals surface area contributed by atoms with Gasteiger partial charge in [-0.2, -0.15) is 0 Å². The van der Waals surface area contributed by atoms with Crippen LogP contribution in [0.1, 0.15) is 31.7 Å². The Hall–Kier alpha value is -2.01. The summed E-state index contributed by atoms with van der Waals surface area (Å²) in [5.74, 6) is 2.33. The van der Waals surface area contributed by atoms with Crippen molar-refractivity contribution in [3.8, 4) is 11.5 Å². The van der Waals surface area contributed by atoms with E-state index in [0.717, 1.165) is 35.7 Å². The minimum Gasteiger partial charge on any atom is -0.493 e. The summed E-state index contributed by atoms with van der Waals surface area (Å²) in [5.41, 5.74) is 1.40. The number of fused-ring (bicyclic) bond motifs is 1. The Morgan fingerprint density at radius 1 is 1.22 bits per heavy atom. The maximum atomic E-state index is 11.9. The number of hydrogen-bond acceptors (Lipinski definition) is 5. The summed E-state index contributed by atoms with van der Waals surface area (Å²) in [6.07, 6.45) is 2.80. The Morgan fingerprint density at radius 2 is 2.00 bits per heavy atom. The normalized spacial score (nSPS) is 23.5. The quantitative estimate of drug-likeness (QED) is 0.835. The highest BCUT2D eigenvalue weighted by molar-refractivity contribution is 5.96. The van der Waals surface area contributed by atoms with E-state index in [1.807, 2.05) is 25.1 Å². The van der Waals surface area contributed by atoms with Crippen LogP contribution in [-0.2, 0) is 20.7 Å². The van der Waals surface area contributed by atoms with Crippen molar-refractivity contribution in [2.45, 2.75) is 38.2 Å². The van der Waals surface area contributed by atoms with Gasteiger partial charge in [0, 0.05) is 12.0 Å². The van der Waals surface area contributed by atoms with E-state index in [-0.39, 0.29) is 12.6 Å². The molecule has 5 heteroatoms. The summed E-state index contributed by atoms with van der Waals surface area (Å²) in [7, 11) is 3.25. The molecular formula is C18H22O5. The van der Waals surface area contributed by atoms with Gasteiger partial charge in [-0.3, -0.25) is 4.79 Å². The summed E-state index contributed by atoms with van der Waals surface area (Å²) in [6.45, 7) is 2.06. The van der Waals surface area contributed by atoms with E-state index in [0.29, 0.717) is 18.4 Å². The molecule has 0 radical (unpaired) electrons. The van der Waals surface area contributed by atoms with Crippen LogP contribution in [0.5, 0.6) is 11.5 Å². The van der Waals surface area contributed by atoms with Crippen LogP contribution in [0.2, 0.25) is 0 Å². The maximum Gasteiger partial charge on any atom is 0.189 e. The van der Waals surface area contributed by atoms with Gasteiger partial charge in [-0.05, 0) is 43.9 Å². The van der Waals surface area contributed by atoms with Gasteiger partial charge in [-0.25, -0.2) is 0 Å². The lowest BCUT2D eigenvalue weighted by Gasteiger charge is -2.31. The Labute approximate surface area is 136 Å². The average molecular weight is 318 g/mol. The van der Waals surface area contributed by atoms with E-state index < -0.39 is 5.60 Å². The highest BCUT2D eigenvalue weighted by atomic mass is 16.7. The minimum absolute atomic E-state index is 0.159. The zero-order valence-corrected chi connectivity index (χ0v) is 13.8. The lowest BCUT2D eigenvalue weighted by atomic mass is 9.80. The third-order valence-corrected chi connectivity index (χ3v) is 4.73.